The highest BCUT2D eigenvalue weighted by molar-refractivity contribution is 7.16. The summed E-state index contributed by atoms with van der Waals surface area (Å²) in [6.07, 6.45) is 0.902. The monoisotopic (exact) mass is 332 g/mol. The Kier molecular flexibility index (Phi) is 5.39. The fourth-order valence-electron chi connectivity index (χ4n) is 2.18. The Morgan fingerprint density at radius 1 is 1.30 bits per heavy atom. The third kappa shape index (κ3) is 4.10. The smallest absolute Gasteiger partial charge is 0.262 e. The predicted molar refractivity (Wildman–Crippen MR) is 92.3 cm³/mol. The molecule has 0 saturated carbocycles. The van der Waals surface area contributed by atoms with E-state index in [2.05, 4.69) is 12.2 Å². The molecule has 23 heavy (non-hydrogen) atoms. The van der Waals surface area contributed by atoms with Gasteiger partial charge in [-0.1, -0.05) is 19.1 Å². The van der Waals surface area contributed by atoms with Crippen molar-refractivity contribution >= 4 is 28.2 Å². The van der Waals surface area contributed by atoms with E-state index >= 15 is 0 Å². The minimum absolute atomic E-state index is 0.124. The van der Waals surface area contributed by atoms with Gasteiger partial charge in [-0.25, -0.2) is 0 Å². The van der Waals surface area contributed by atoms with Gasteiger partial charge in [0.1, 0.15) is 10.8 Å². The lowest BCUT2D eigenvalue weighted by Gasteiger charge is -2.08. The molecule has 2 aromatic rings. The van der Waals surface area contributed by atoms with E-state index in [0.717, 1.165) is 22.4 Å². The molecule has 0 radical (unpaired) electrons. The maximum Gasteiger partial charge on any atom is 0.262 e. The quantitative estimate of drug-likeness (QED) is 0.853. The number of thiophene rings is 1. The molecule has 6 heteroatoms. The molecule has 1 heterocycles. The third-order valence-corrected chi connectivity index (χ3v) is 4.68. The van der Waals surface area contributed by atoms with E-state index in [9.17, 15) is 9.59 Å². The lowest BCUT2D eigenvalue weighted by molar-refractivity contribution is -0.118. The Morgan fingerprint density at radius 3 is 2.70 bits per heavy atom. The van der Waals surface area contributed by atoms with Crippen molar-refractivity contribution < 1.29 is 14.3 Å². The summed E-state index contributed by atoms with van der Waals surface area (Å²) in [7, 11) is 0. The van der Waals surface area contributed by atoms with E-state index in [1.54, 1.807) is 6.07 Å². The van der Waals surface area contributed by atoms with Gasteiger partial charge < -0.3 is 15.8 Å². The zero-order valence-corrected chi connectivity index (χ0v) is 14.3. The number of hydrogen-bond donors (Lipinski definition) is 2. The molecule has 1 aromatic heterocycles. The molecule has 2 amide bonds. The molecule has 0 saturated heterocycles. The number of benzene rings is 1. The number of nitrogens with one attached hydrogen (secondary N) is 1. The van der Waals surface area contributed by atoms with Gasteiger partial charge in [-0.15, -0.1) is 11.3 Å². The number of carbonyl (C=O) groups is 2. The van der Waals surface area contributed by atoms with Crippen LogP contribution in [0.5, 0.6) is 5.75 Å². The highest BCUT2D eigenvalue weighted by atomic mass is 32.1. The van der Waals surface area contributed by atoms with Crippen LogP contribution in [-0.2, 0) is 11.2 Å². The largest absolute Gasteiger partial charge is 0.484 e. The number of rotatable bonds is 6. The van der Waals surface area contributed by atoms with Crippen molar-refractivity contribution in [2.75, 3.05) is 11.9 Å². The van der Waals surface area contributed by atoms with Crippen molar-refractivity contribution in [1.82, 2.24) is 0 Å². The molecular weight excluding hydrogens is 312 g/mol. The molecule has 0 aliphatic carbocycles. The molecule has 1 aromatic carbocycles. The van der Waals surface area contributed by atoms with Gasteiger partial charge in [0, 0.05) is 4.88 Å². The first kappa shape index (κ1) is 17.0. The Labute approximate surface area is 139 Å². The second-order valence-corrected chi connectivity index (χ2v) is 6.41. The summed E-state index contributed by atoms with van der Waals surface area (Å²) in [4.78, 5) is 24.5. The van der Waals surface area contributed by atoms with Crippen LogP contribution in [0.4, 0.5) is 5.00 Å². The Bertz CT molecular complexity index is 737. The zero-order chi connectivity index (χ0) is 17.0. The van der Waals surface area contributed by atoms with E-state index in [-0.39, 0.29) is 12.5 Å². The van der Waals surface area contributed by atoms with E-state index in [4.69, 9.17) is 10.5 Å². The number of aryl methyl sites for hydroxylation is 2. The van der Waals surface area contributed by atoms with Gasteiger partial charge in [-0.2, -0.15) is 0 Å². The molecule has 2 rings (SSSR count). The summed E-state index contributed by atoms with van der Waals surface area (Å²) < 4.78 is 5.50. The van der Waals surface area contributed by atoms with Crippen LogP contribution in [0, 0.1) is 13.8 Å². The highest BCUT2D eigenvalue weighted by Gasteiger charge is 2.19. The fraction of sp³-hybridized carbons (Fsp3) is 0.294. The molecule has 0 spiro atoms. The summed E-state index contributed by atoms with van der Waals surface area (Å²) in [5.41, 5.74) is 7.70. The molecule has 3 N–H and O–H groups in total. The topological polar surface area (TPSA) is 81.4 Å². The Hall–Kier alpha value is -2.34. The molecule has 0 unspecified atom stereocenters. The summed E-state index contributed by atoms with van der Waals surface area (Å²) in [5, 5.41) is 3.18. The van der Waals surface area contributed by atoms with Crippen LogP contribution >= 0.6 is 11.3 Å². The van der Waals surface area contributed by atoms with Crippen molar-refractivity contribution in [3.05, 3.63) is 45.8 Å². The summed E-state index contributed by atoms with van der Waals surface area (Å²) in [5.74, 6) is -0.220. The summed E-state index contributed by atoms with van der Waals surface area (Å²) >= 11 is 1.34. The minimum atomic E-state index is -0.543. The van der Waals surface area contributed by atoms with Crippen molar-refractivity contribution in [3.63, 3.8) is 0 Å². The molecule has 0 atom stereocenters. The van der Waals surface area contributed by atoms with Crippen molar-refractivity contribution in [3.8, 4) is 5.75 Å². The SMILES string of the molecule is CCc1cccc(OCC(=O)Nc2sc(C)c(C)c2C(N)=O)c1. The van der Waals surface area contributed by atoms with Crippen LogP contribution in [0.2, 0.25) is 0 Å². The number of anilines is 1. The number of primary amides is 1. The number of ether oxygens (including phenoxy) is 1. The van der Waals surface area contributed by atoms with E-state index in [1.807, 2.05) is 32.0 Å². The van der Waals surface area contributed by atoms with Crippen LogP contribution < -0.4 is 15.8 Å². The van der Waals surface area contributed by atoms with Gasteiger partial charge in [0.05, 0.1) is 5.56 Å². The first-order valence-electron chi connectivity index (χ1n) is 7.33. The zero-order valence-electron chi connectivity index (χ0n) is 13.4. The molecule has 0 aliphatic rings. The number of amides is 2. The predicted octanol–water partition coefficient (Wildman–Crippen LogP) is 3.04. The highest BCUT2D eigenvalue weighted by Crippen LogP contribution is 2.31. The number of hydrogen-bond acceptors (Lipinski definition) is 4. The van der Waals surface area contributed by atoms with Crippen LogP contribution in [-0.4, -0.2) is 18.4 Å². The van der Waals surface area contributed by atoms with Crippen LogP contribution in [0.3, 0.4) is 0 Å². The van der Waals surface area contributed by atoms with E-state index < -0.39 is 5.91 Å². The van der Waals surface area contributed by atoms with Gasteiger partial charge in [0.2, 0.25) is 0 Å². The van der Waals surface area contributed by atoms with Crippen LogP contribution in [0.15, 0.2) is 24.3 Å². The average molecular weight is 332 g/mol. The van der Waals surface area contributed by atoms with Crippen molar-refractivity contribution in [2.45, 2.75) is 27.2 Å². The normalized spacial score (nSPS) is 10.4. The van der Waals surface area contributed by atoms with Crippen LogP contribution in [0.1, 0.15) is 33.3 Å². The molecular formula is C17H20N2O3S. The van der Waals surface area contributed by atoms with E-state index in [1.165, 1.54) is 11.3 Å². The van der Waals surface area contributed by atoms with Gasteiger partial charge in [-0.3, -0.25) is 9.59 Å². The Morgan fingerprint density at radius 2 is 2.04 bits per heavy atom. The van der Waals surface area contributed by atoms with Gasteiger partial charge in [0.15, 0.2) is 6.61 Å². The van der Waals surface area contributed by atoms with E-state index in [0.29, 0.717) is 16.3 Å². The third-order valence-electron chi connectivity index (χ3n) is 3.56. The lowest BCUT2D eigenvalue weighted by Crippen LogP contribution is -2.22. The lowest BCUT2D eigenvalue weighted by atomic mass is 10.1. The maximum atomic E-state index is 12.1. The maximum absolute atomic E-state index is 12.1. The fourth-order valence-corrected chi connectivity index (χ4v) is 3.26. The van der Waals surface area contributed by atoms with Gasteiger partial charge in [0.25, 0.3) is 11.8 Å². The second kappa shape index (κ2) is 7.28. The average Bonchev–Trinajstić information content (AvgIpc) is 2.79. The first-order chi connectivity index (χ1) is 10.9. The second-order valence-electron chi connectivity index (χ2n) is 5.19. The molecule has 0 fully saturated rings. The summed E-state index contributed by atoms with van der Waals surface area (Å²) in [6, 6.07) is 7.61. The van der Waals surface area contributed by atoms with Crippen molar-refractivity contribution in [1.29, 1.82) is 0 Å². The Balaban J connectivity index is 2.03. The molecule has 122 valence electrons. The van der Waals surface area contributed by atoms with Gasteiger partial charge in [-0.05, 0) is 43.5 Å². The minimum Gasteiger partial charge on any atom is -0.484 e. The molecule has 0 aliphatic heterocycles. The van der Waals surface area contributed by atoms with Crippen LogP contribution in [0.25, 0.3) is 0 Å². The molecule has 5 nitrogen and oxygen atoms in total. The number of nitrogens with two attached hydrogens (primary N) is 1. The van der Waals surface area contributed by atoms with Crippen molar-refractivity contribution in [2.24, 2.45) is 5.73 Å². The first-order valence-corrected chi connectivity index (χ1v) is 8.15. The summed E-state index contributed by atoms with van der Waals surface area (Å²) in [6.45, 7) is 5.63. The van der Waals surface area contributed by atoms with Gasteiger partial charge >= 0.3 is 0 Å². The number of carbonyl (C=O) groups excluding carboxylic acids is 2. The molecule has 0 bridgehead atoms. The standard InChI is InChI=1S/C17H20N2O3S/c1-4-12-6-5-7-13(8-12)22-9-14(20)19-17-15(16(18)21)10(2)11(3)23-17/h5-8H,4,9H2,1-3H3,(H2,18,21)(H,19,20).